The van der Waals surface area contributed by atoms with Crippen molar-refractivity contribution < 1.29 is 19.1 Å². The van der Waals surface area contributed by atoms with Crippen molar-refractivity contribution in [3.8, 4) is 0 Å². The smallest absolute Gasteiger partial charge is 0.253 e. The SMILES string of the molecule is Cc1ccc(N2CCCC2=O)c(C(=O)NCC(O)c2ccco2)c1. The summed E-state index contributed by atoms with van der Waals surface area (Å²) in [6.45, 7) is 2.55. The van der Waals surface area contributed by atoms with Crippen LogP contribution in [-0.2, 0) is 4.79 Å². The first kappa shape index (κ1) is 16.3. The fourth-order valence-corrected chi connectivity index (χ4v) is 2.84. The van der Waals surface area contributed by atoms with Gasteiger partial charge >= 0.3 is 0 Å². The number of aliphatic hydroxyl groups is 1. The van der Waals surface area contributed by atoms with Gasteiger partial charge in [0.25, 0.3) is 5.91 Å². The molecule has 2 heterocycles. The number of benzene rings is 1. The van der Waals surface area contributed by atoms with Crippen molar-refractivity contribution in [3.63, 3.8) is 0 Å². The molecule has 1 fully saturated rings. The monoisotopic (exact) mass is 328 g/mol. The predicted octanol–water partition coefficient (Wildman–Crippen LogP) is 2.18. The number of carbonyl (C=O) groups excluding carboxylic acids is 2. The van der Waals surface area contributed by atoms with Gasteiger partial charge < -0.3 is 19.7 Å². The van der Waals surface area contributed by atoms with E-state index in [-0.39, 0.29) is 18.4 Å². The van der Waals surface area contributed by atoms with Crippen LogP contribution in [0.3, 0.4) is 0 Å². The van der Waals surface area contributed by atoms with Crippen molar-refractivity contribution in [3.05, 3.63) is 53.5 Å². The van der Waals surface area contributed by atoms with Gasteiger partial charge in [-0.05, 0) is 37.6 Å². The minimum atomic E-state index is -0.911. The Labute approximate surface area is 140 Å². The Morgan fingerprint density at radius 1 is 1.42 bits per heavy atom. The van der Waals surface area contributed by atoms with E-state index in [1.54, 1.807) is 29.2 Å². The second-order valence-electron chi connectivity index (χ2n) is 5.91. The minimum Gasteiger partial charge on any atom is -0.467 e. The van der Waals surface area contributed by atoms with E-state index in [0.717, 1.165) is 12.0 Å². The normalized spacial score (nSPS) is 15.6. The van der Waals surface area contributed by atoms with Gasteiger partial charge in [-0.2, -0.15) is 0 Å². The zero-order chi connectivity index (χ0) is 17.1. The van der Waals surface area contributed by atoms with Gasteiger partial charge in [0, 0.05) is 13.0 Å². The fraction of sp³-hybridized carbons (Fsp3) is 0.333. The van der Waals surface area contributed by atoms with Crippen LogP contribution in [0.1, 0.15) is 40.6 Å². The molecule has 126 valence electrons. The lowest BCUT2D eigenvalue weighted by molar-refractivity contribution is -0.117. The molecule has 1 aromatic carbocycles. The van der Waals surface area contributed by atoms with Crippen LogP contribution >= 0.6 is 0 Å². The third-order valence-corrected chi connectivity index (χ3v) is 4.09. The Kier molecular flexibility index (Phi) is 4.66. The average molecular weight is 328 g/mol. The molecule has 1 atom stereocenters. The molecule has 0 saturated carbocycles. The quantitative estimate of drug-likeness (QED) is 0.881. The van der Waals surface area contributed by atoms with E-state index in [0.29, 0.717) is 30.0 Å². The van der Waals surface area contributed by atoms with Crippen molar-refractivity contribution >= 4 is 17.5 Å². The summed E-state index contributed by atoms with van der Waals surface area (Å²) in [5.74, 6) is 0.108. The number of aliphatic hydroxyl groups excluding tert-OH is 1. The van der Waals surface area contributed by atoms with Crippen molar-refractivity contribution in [2.24, 2.45) is 0 Å². The van der Waals surface area contributed by atoms with Gasteiger partial charge in [-0.25, -0.2) is 0 Å². The summed E-state index contributed by atoms with van der Waals surface area (Å²) in [6.07, 6.45) is 1.86. The van der Waals surface area contributed by atoms with Crippen LogP contribution in [0.4, 0.5) is 5.69 Å². The maximum absolute atomic E-state index is 12.6. The highest BCUT2D eigenvalue weighted by atomic mass is 16.4. The van der Waals surface area contributed by atoms with Crippen LogP contribution in [0.25, 0.3) is 0 Å². The first-order chi connectivity index (χ1) is 11.6. The Balaban J connectivity index is 1.76. The molecule has 6 nitrogen and oxygen atoms in total. The molecule has 0 bridgehead atoms. The van der Waals surface area contributed by atoms with Gasteiger partial charge in [0.15, 0.2) is 0 Å². The van der Waals surface area contributed by atoms with E-state index in [9.17, 15) is 14.7 Å². The first-order valence-corrected chi connectivity index (χ1v) is 7.97. The van der Waals surface area contributed by atoms with Crippen molar-refractivity contribution in [2.45, 2.75) is 25.9 Å². The number of hydrogen-bond acceptors (Lipinski definition) is 4. The number of rotatable bonds is 5. The lowest BCUT2D eigenvalue weighted by Gasteiger charge is -2.20. The summed E-state index contributed by atoms with van der Waals surface area (Å²) in [6, 6.07) is 8.78. The van der Waals surface area contributed by atoms with Crippen LogP contribution in [0.15, 0.2) is 41.0 Å². The number of nitrogens with one attached hydrogen (secondary N) is 1. The highest BCUT2D eigenvalue weighted by molar-refractivity contribution is 6.05. The van der Waals surface area contributed by atoms with E-state index in [1.807, 2.05) is 13.0 Å². The summed E-state index contributed by atoms with van der Waals surface area (Å²) >= 11 is 0. The van der Waals surface area contributed by atoms with Gasteiger partial charge in [0.1, 0.15) is 11.9 Å². The number of hydrogen-bond donors (Lipinski definition) is 2. The summed E-state index contributed by atoms with van der Waals surface area (Å²) in [5, 5.41) is 12.7. The van der Waals surface area contributed by atoms with E-state index >= 15 is 0 Å². The van der Waals surface area contributed by atoms with Crippen LogP contribution in [0, 0.1) is 6.92 Å². The van der Waals surface area contributed by atoms with Gasteiger partial charge in [0.05, 0.1) is 24.1 Å². The molecule has 2 aromatic rings. The topological polar surface area (TPSA) is 82.8 Å². The first-order valence-electron chi connectivity index (χ1n) is 7.97. The highest BCUT2D eigenvalue weighted by Gasteiger charge is 2.26. The molecule has 24 heavy (non-hydrogen) atoms. The maximum atomic E-state index is 12.6. The van der Waals surface area contributed by atoms with Crippen LogP contribution in [0.2, 0.25) is 0 Å². The van der Waals surface area contributed by atoms with Gasteiger partial charge in [-0.15, -0.1) is 0 Å². The molecule has 2 amide bonds. The number of amides is 2. The molecule has 1 saturated heterocycles. The second-order valence-corrected chi connectivity index (χ2v) is 5.91. The third kappa shape index (κ3) is 3.33. The van der Waals surface area contributed by atoms with E-state index < -0.39 is 6.10 Å². The van der Waals surface area contributed by atoms with Crippen LogP contribution < -0.4 is 10.2 Å². The Morgan fingerprint density at radius 3 is 2.92 bits per heavy atom. The van der Waals surface area contributed by atoms with Crippen molar-refractivity contribution in [1.82, 2.24) is 5.32 Å². The maximum Gasteiger partial charge on any atom is 0.253 e. The zero-order valence-corrected chi connectivity index (χ0v) is 13.5. The van der Waals surface area contributed by atoms with E-state index in [1.165, 1.54) is 6.26 Å². The molecule has 0 aliphatic carbocycles. The lowest BCUT2D eigenvalue weighted by Crippen LogP contribution is -2.32. The standard InChI is InChI=1S/C18H20N2O4/c1-12-6-7-14(20-8-2-5-17(20)22)13(10-12)18(23)19-11-15(21)16-4-3-9-24-16/h3-4,6-7,9-10,15,21H,2,5,8,11H2,1H3,(H,19,23). The molecular formula is C18H20N2O4. The van der Waals surface area contributed by atoms with Crippen molar-refractivity contribution in [2.75, 3.05) is 18.0 Å². The van der Waals surface area contributed by atoms with Crippen molar-refractivity contribution in [1.29, 1.82) is 0 Å². The molecular weight excluding hydrogens is 308 g/mol. The van der Waals surface area contributed by atoms with Crippen LogP contribution in [-0.4, -0.2) is 30.0 Å². The Bertz CT molecular complexity index is 739. The number of anilines is 1. The molecule has 6 heteroatoms. The molecule has 1 aliphatic rings. The zero-order valence-electron chi connectivity index (χ0n) is 13.5. The summed E-state index contributed by atoms with van der Waals surface area (Å²) in [7, 11) is 0. The number of furan rings is 1. The Morgan fingerprint density at radius 2 is 2.25 bits per heavy atom. The predicted molar refractivity (Wildman–Crippen MR) is 88.8 cm³/mol. The minimum absolute atomic E-state index is 0.0310. The third-order valence-electron chi connectivity index (χ3n) is 4.09. The molecule has 0 spiro atoms. The largest absolute Gasteiger partial charge is 0.467 e. The fourth-order valence-electron chi connectivity index (χ4n) is 2.84. The van der Waals surface area contributed by atoms with Gasteiger partial charge in [-0.3, -0.25) is 9.59 Å². The van der Waals surface area contributed by atoms with Crippen LogP contribution in [0.5, 0.6) is 0 Å². The number of nitrogens with zero attached hydrogens (tertiary/aromatic N) is 1. The Hall–Kier alpha value is -2.60. The number of aryl methyl sites for hydroxylation is 1. The molecule has 3 rings (SSSR count). The summed E-state index contributed by atoms with van der Waals surface area (Å²) in [5.41, 5.74) is 1.99. The summed E-state index contributed by atoms with van der Waals surface area (Å²) < 4.78 is 5.12. The molecule has 1 unspecified atom stereocenters. The second kappa shape index (κ2) is 6.88. The van der Waals surface area contributed by atoms with Gasteiger partial charge in [0.2, 0.25) is 5.91 Å². The lowest BCUT2D eigenvalue weighted by atomic mass is 10.1. The number of carbonyl (C=O) groups is 2. The van der Waals surface area contributed by atoms with E-state index in [2.05, 4.69) is 5.32 Å². The highest BCUT2D eigenvalue weighted by Crippen LogP contribution is 2.26. The molecule has 1 aromatic heterocycles. The average Bonchev–Trinajstić information content (AvgIpc) is 3.24. The molecule has 2 N–H and O–H groups in total. The van der Waals surface area contributed by atoms with Gasteiger partial charge in [-0.1, -0.05) is 11.6 Å². The molecule has 1 aliphatic heterocycles. The van der Waals surface area contributed by atoms with E-state index in [4.69, 9.17) is 4.42 Å². The summed E-state index contributed by atoms with van der Waals surface area (Å²) in [4.78, 5) is 26.2. The molecule has 0 radical (unpaired) electrons.